The Bertz CT molecular complexity index is 827. The summed E-state index contributed by atoms with van der Waals surface area (Å²) in [7, 11) is 0. The summed E-state index contributed by atoms with van der Waals surface area (Å²) in [6.07, 6.45) is 1.97. The number of ether oxygens (including phenoxy) is 1. The molecule has 0 spiro atoms. The third-order valence-electron chi connectivity index (χ3n) is 5.43. The Labute approximate surface area is 174 Å². The van der Waals surface area contributed by atoms with Crippen molar-refractivity contribution in [3.63, 3.8) is 0 Å². The highest BCUT2D eigenvalue weighted by Gasteiger charge is 2.40. The average molecular weight is 431 g/mol. The van der Waals surface area contributed by atoms with Crippen molar-refractivity contribution in [2.45, 2.75) is 62.5 Å². The number of pyridine rings is 1. The van der Waals surface area contributed by atoms with Gasteiger partial charge in [0.15, 0.2) is 0 Å². The molecule has 0 unspecified atom stereocenters. The minimum atomic E-state index is -4.33. The minimum absolute atomic E-state index is 0.0994. The van der Waals surface area contributed by atoms with Gasteiger partial charge in [-0.2, -0.15) is 18.3 Å². The van der Waals surface area contributed by atoms with Gasteiger partial charge in [-0.1, -0.05) is 19.9 Å². The molecule has 2 saturated heterocycles. The van der Waals surface area contributed by atoms with Crippen molar-refractivity contribution in [1.82, 2.24) is 14.5 Å². The maximum Gasteiger partial charge on any atom is 0.446 e. The molecule has 0 bridgehead atoms. The van der Waals surface area contributed by atoms with Gasteiger partial charge in [0, 0.05) is 19.1 Å². The SMILES string of the molecule is CC.Cc1nn2c(NC3CCN(C4(C)COC4)CC3)cccc2c1SC(F)(F)F. The maximum absolute atomic E-state index is 12.9. The minimum Gasteiger partial charge on any atom is -0.377 e. The van der Waals surface area contributed by atoms with Crippen LogP contribution in [-0.2, 0) is 4.74 Å². The zero-order valence-corrected chi connectivity index (χ0v) is 18.2. The Morgan fingerprint density at radius 1 is 1.21 bits per heavy atom. The molecule has 2 aromatic heterocycles. The van der Waals surface area contributed by atoms with E-state index in [1.54, 1.807) is 23.6 Å². The smallest absolute Gasteiger partial charge is 0.377 e. The van der Waals surface area contributed by atoms with Crippen LogP contribution in [0.5, 0.6) is 0 Å². The number of likely N-dealkylation sites (tertiary alicyclic amines) is 1. The lowest BCUT2D eigenvalue weighted by molar-refractivity contribution is -0.135. The first-order chi connectivity index (χ1) is 13.8. The number of alkyl halides is 3. The van der Waals surface area contributed by atoms with Crippen molar-refractivity contribution >= 4 is 23.1 Å². The summed E-state index contributed by atoms with van der Waals surface area (Å²) in [5, 5.41) is 7.83. The van der Waals surface area contributed by atoms with E-state index < -0.39 is 5.51 Å². The predicted molar refractivity (Wildman–Crippen MR) is 111 cm³/mol. The fourth-order valence-electron chi connectivity index (χ4n) is 3.87. The summed E-state index contributed by atoms with van der Waals surface area (Å²) in [5.74, 6) is 0.737. The highest BCUT2D eigenvalue weighted by atomic mass is 32.2. The summed E-state index contributed by atoms with van der Waals surface area (Å²) in [6, 6.07) is 5.61. The number of nitrogens with one attached hydrogen (secondary N) is 1. The van der Waals surface area contributed by atoms with E-state index in [0.717, 1.165) is 45.0 Å². The summed E-state index contributed by atoms with van der Waals surface area (Å²) >= 11 is -0.0994. The van der Waals surface area contributed by atoms with Gasteiger partial charge in [0.05, 0.1) is 34.9 Å². The van der Waals surface area contributed by atoms with Gasteiger partial charge in [-0.05, 0) is 50.6 Å². The molecule has 1 N–H and O–H groups in total. The Morgan fingerprint density at radius 2 is 1.86 bits per heavy atom. The molecule has 0 amide bonds. The molecule has 162 valence electrons. The number of thioether (sulfide) groups is 1. The largest absolute Gasteiger partial charge is 0.446 e. The molecule has 0 saturated carbocycles. The van der Waals surface area contributed by atoms with E-state index in [1.165, 1.54) is 0 Å². The first kappa shape index (κ1) is 22.2. The van der Waals surface area contributed by atoms with Crippen LogP contribution in [0.2, 0.25) is 0 Å². The molecule has 2 aliphatic rings. The molecule has 5 nitrogen and oxygen atoms in total. The third-order valence-corrected chi connectivity index (χ3v) is 6.37. The van der Waals surface area contributed by atoms with Crippen molar-refractivity contribution in [3.05, 3.63) is 23.9 Å². The number of rotatable bonds is 4. The Hall–Kier alpha value is -1.45. The van der Waals surface area contributed by atoms with Gasteiger partial charge in [0.25, 0.3) is 0 Å². The molecule has 4 heterocycles. The van der Waals surface area contributed by atoms with Crippen LogP contribution in [0.25, 0.3) is 5.52 Å². The van der Waals surface area contributed by atoms with Crippen LogP contribution in [0.4, 0.5) is 19.0 Å². The molecule has 29 heavy (non-hydrogen) atoms. The van der Waals surface area contributed by atoms with Gasteiger partial charge in [0.1, 0.15) is 5.82 Å². The fraction of sp³-hybridized carbons (Fsp3) is 0.650. The molecule has 9 heteroatoms. The van der Waals surface area contributed by atoms with Crippen LogP contribution in [0.15, 0.2) is 23.1 Å². The van der Waals surface area contributed by atoms with Crippen molar-refractivity contribution in [1.29, 1.82) is 0 Å². The number of nitrogens with zero attached hydrogens (tertiary/aromatic N) is 3. The third kappa shape index (κ3) is 4.83. The lowest BCUT2D eigenvalue weighted by atomic mass is 9.93. The van der Waals surface area contributed by atoms with Gasteiger partial charge in [-0.3, -0.25) is 4.90 Å². The zero-order chi connectivity index (χ0) is 21.2. The van der Waals surface area contributed by atoms with Gasteiger partial charge in [-0.15, -0.1) is 0 Å². The van der Waals surface area contributed by atoms with E-state index in [4.69, 9.17) is 4.74 Å². The molecule has 0 aromatic carbocycles. The highest BCUT2D eigenvalue weighted by molar-refractivity contribution is 8.00. The van der Waals surface area contributed by atoms with Crippen molar-refractivity contribution in [2.75, 3.05) is 31.6 Å². The first-order valence-corrected chi connectivity index (χ1v) is 10.9. The highest BCUT2D eigenvalue weighted by Crippen LogP contribution is 2.41. The zero-order valence-electron chi connectivity index (χ0n) is 17.3. The van der Waals surface area contributed by atoms with Crippen LogP contribution in [0.1, 0.15) is 39.3 Å². The number of anilines is 1. The Morgan fingerprint density at radius 3 is 2.41 bits per heavy atom. The number of fused-ring (bicyclic) bond motifs is 1. The molecule has 0 radical (unpaired) electrons. The molecule has 0 atom stereocenters. The maximum atomic E-state index is 12.9. The van der Waals surface area contributed by atoms with Gasteiger partial charge in [0.2, 0.25) is 0 Å². The van der Waals surface area contributed by atoms with E-state index in [-0.39, 0.29) is 28.2 Å². The summed E-state index contributed by atoms with van der Waals surface area (Å²) in [5.41, 5.74) is -3.30. The number of halogens is 3. The molecule has 2 fully saturated rings. The van der Waals surface area contributed by atoms with E-state index >= 15 is 0 Å². The molecular formula is C20H29F3N4OS. The molecular weight excluding hydrogens is 401 g/mol. The topological polar surface area (TPSA) is 41.8 Å². The number of hydrogen-bond donors (Lipinski definition) is 1. The molecule has 0 aliphatic carbocycles. The number of aryl methyl sites for hydroxylation is 1. The van der Waals surface area contributed by atoms with E-state index in [0.29, 0.717) is 11.2 Å². The summed E-state index contributed by atoms with van der Waals surface area (Å²) in [6.45, 7) is 11.4. The van der Waals surface area contributed by atoms with Crippen molar-refractivity contribution < 1.29 is 17.9 Å². The van der Waals surface area contributed by atoms with Gasteiger partial charge in [-0.25, -0.2) is 4.52 Å². The summed E-state index contributed by atoms with van der Waals surface area (Å²) < 4.78 is 45.5. The van der Waals surface area contributed by atoms with Crippen molar-refractivity contribution in [3.8, 4) is 0 Å². The van der Waals surface area contributed by atoms with Crippen LogP contribution >= 0.6 is 11.8 Å². The number of piperidine rings is 1. The second-order valence-electron chi connectivity index (χ2n) is 7.57. The normalized spacial score (nSPS) is 20.1. The average Bonchev–Trinajstić information content (AvgIpc) is 2.97. The van der Waals surface area contributed by atoms with E-state index in [9.17, 15) is 13.2 Å². The van der Waals surface area contributed by atoms with Gasteiger partial charge >= 0.3 is 5.51 Å². The fourth-order valence-corrected chi connectivity index (χ4v) is 4.54. The lowest BCUT2D eigenvalue weighted by Crippen LogP contribution is -2.62. The molecule has 4 rings (SSSR count). The molecule has 2 aromatic rings. The predicted octanol–water partition coefficient (Wildman–Crippen LogP) is 4.95. The van der Waals surface area contributed by atoms with E-state index in [2.05, 4.69) is 22.2 Å². The quantitative estimate of drug-likeness (QED) is 0.696. The molecule has 2 aliphatic heterocycles. The van der Waals surface area contributed by atoms with Gasteiger partial charge < -0.3 is 10.1 Å². The monoisotopic (exact) mass is 430 g/mol. The Balaban J connectivity index is 0.00000117. The van der Waals surface area contributed by atoms with Crippen LogP contribution in [-0.4, -0.2) is 57.9 Å². The van der Waals surface area contributed by atoms with Crippen LogP contribution in [0.3, 0.4) is 0 Å². The second kappa shape index (κ2) is 8.73. The number of hydrogen-bond acceptors (Lipinski definition) is 5. The first-order valence-electron chi connectivity index (χ1n) is 10.1. The van der Waals surface area contributed by atoms with Crippen molar-refractivity contribution in [2.24, 2.45) is 0 Å². The van der Waals surface area contributed by atoms with E-state index in [1.807, 2.05) is 19.9 Å². The lowest BCUT2D eigenvalue weighted by Gasteiger charge is -2.49. The Kier molecular flexibility index (Phi) is 6.70. The number of aromatic nitrogens is 2. The van der Waals surface area contributed by atoms with Crippen LogP contribution in [0, 0.1) is 6.92 Å². The summed E-state index contributed by atoms with van der Waals surface area (Å²) in [4.78, 5) is 2.64. The van der Waals surface area contributed by atoms with Crippen LogP contribution < -0.4 is 5.32 Å². The standard InChI is InChI=1S/C18H23F3N4OS.C2H6/c1-12-16(27-18(19,20)21)14-4-3-5-15(25(14)23-12)22-13-6-8-24(9-7-13)17(2)10-26-11-17;1-2/h3-5,13,22H,6-11H2,1-2H3;1-2H3. The second-order valence-corrected chi connectivity index (χ2v) is 8.64.